The molecule has 0 amide bonds. The fourth-order valence-corrected chi connectivity index (χ4v) is 4.97. The lowest BCUT2D eigenvalue weighted by Crippen LogP contribution is -2.30. The van der Waals surface area contributed by atoms with E-state index in [1.165, 1.54) is 38.5 Å². The molecule has 0 aliphatic heterocycles. The van der Waals surface area contributed by atoms with E-state index in [0.29, 0.717) is 0 Å². The van der Waals surface area contributed by atoms with E-state index in [1.807, 2.05) is 0 Å². The van der Waals surface area contributed by atoms with Crippen molar-refractivity contribution in [3.05, 3.63) is 0 Å². The van der Waals surface area contributed by atoms with E-state index in [-0.39, 0.29) is 0 Å². The number of nitrogens with zero attached hydrogens (tertiary/aromatic N) is 2. The maximum Gasteiger partial charge on any atom is 0.147 e. The van der Waals surface area contributed by atoms with Crippen molar-refractivity contribution in [3.8, 4) is 0 Å². The van der Waals surface area contributed by atoms with Crippen LogP contribution in [0.15, 0.2) is 0 Å². The molecule has 0 rings (SSSR count). The third-order valence-corrected chi connectivity index (χ3v) is 7.26. The van der Waals surface area contributed by atoms with E-state index in [9.17, 15) is 0 Å². The largest absolute Gasteiger partial charge is 0.357 e. The van der Waals surface area contributed by atoms with Crippen LogP contribution in [0.5, 0.6) is 0 Å². The van der Waals surface area contributed by atoms with Crippen LogP contribution >= 0.6 is 46.0 Å². The molecule has 130 valence electrons. The third kappa shape index (κ3) is 10.3. The molecule has 0 saturated heterocycles. The van der Waals surface area contributed by atoms with Crippen LogP contribution < -0.4 is 0 Å². The van der Waals surface area contributed by atoms with Crippen LogP contribution in [0.2, 0.25) is 0 Å². The van der Waals surface area contributed by atoms with Crippen molar-refractivity contribution in [3.63, 3.8) is 0 Å². The van der Waals surface area contributed by atoms with Gasteiger partial charge in [-0.3, -0.25) is 0 Å². The molecule has 0 aromatic heterocycles. The second kappa shape index (κ2) is 15.0. The number of thiocarbonyl (C=S) groups is 2. The lowest BCUT2D eigenvalue weighted by atomic mass is 10.2. The summed E-state index contributed by atoms with van der Waals surface area (Å²) >= 11 is 11.1. The van der Waals surface area contributed by atoms with Crippen molar-refractivity contribution in [2.75, 3.05) is 26.2 Å². The summed E-state index contributed by atoms with van der Waals surface area (Å²) in [6.45, 7) is 12.9. The average Bonchev–Trinajstić information content (AvgIpc) is 2.52. The summed E-state index contributed by atoms with van der Waals surface area (Å²) in [7, 11) is 3.30. The Morgan fingerprint density at radius 2 is 1.09 bits per heavy atom. The van der Waals surface area contributed by atoms with Crippen molar-refractivity contribution in [1.29, 1.82) is 0 Å². The Kier molecular flexibility index (Phi) is 15.4. The monoisotopic (exact) mass is 380 g/mol. The van der Waals surface area contributed by atoms with Gasteiger partial charge in [0.15, 0.2) is 0 Å². The van der Waals surface area contributed by atoms with E-state index < -0.39 is 0 Å². The molecule has 0 radical (unpaired) electrons. The molecule has 0 atom stereocenters. The SMILES string of the molecule is CCCCCN(CCCCC)C(=S)SSC(=S)N(CC)CC. The van der Waals surface area contributed by atoms with Gasteiger partial charge in [0.25, 0.3) is 0 Å². The minimum absolute atomic E-state index is 0.944. The van der Waals surface area contributed by atoms with E-state index in [4.69, 9.17) is 24.4 Å². The minimum atomic E-state index is 0.944. The Morgan fingerprint density at radius 3 is 1.45 bits per heavy atom. The zero-order chi connectivity index (χ0) is 16.8. The van der Waals surface area contributed by atoms with Crippen LogP contribution in [-0.2, 0) is 0 Å². The van der Waals surface area contributed by atoms with Gasteiger partial charge in [0.2, 0.25) is 0 Å². The number of hydrogen-bond donors (Lipinski definition) is 0. The zero-order valence-corrected chi connectivity index (χ0v) is 17.9. The average molecular weight is 381 g/mol. The molecule has 0 N–H and O–H groups in total. The van der Waals surface area contributed by atoms with E-state index in [1.54, 1.807) is 21.6 Å². The molecule has 0 aromatic carbocycles. The van der Waals surface area contributed by atoms with Gasteiger partial charge in [0.1, 0.15) is 8.64 Å². The maximum atomic E-state index is 5.64. The molecular weight excluding hydrogens is 348 g/mol. The highest BCUT2D eigenvalue weighted by atomic mass is 33.1. The third-order valence-electron chi connectivity index (χ3n) is 3.53. The fraction of sp³-hybridized carbons (Fsp3) is 0.875. The van der Waals surface area contributed by atoms with E-state index in [2.05, 4.69) is 37.5 Å². The number of hydrogen-bond acceptors (Lipinski definition) is 4. The Morgan fingerprint density at radius 1 is 0.682 bits per heavy atom. The predicted octanol–water partition coefficient (Wildman–Crippen LogP) is 5.96. The summed E-state index contributed by atoms with van der Waals surface area (Å²) < 4.78 is 1.94. The van der Waals surface area contributed by atoms with Crippen molar-refractivity contribution in [1.82, 2.24) is 9.80 Å². The van der Waals surface area contributed by atoms with E-state index >= 15 is 0 Å². The van der Waals surface area contributed by atoms with Crippen molar-refractivity contribution >= 4 is 54.7 Å². The maximum absolute atomic E-state index is 5.64. The molecule has 6 heteroatoms. The highest BCUT2D eigenvalue weighted by Gasteiger charge is 2.13. The second-order valence-corrected chi connectivity index (χ2v) is 8.67. The normalized spacial score (nSPS) is 10.5. The first-order chi connectivity index (χ1) is 10.6. The summed E-state index contributed by atoms with van der Waals surface area (Å²) in [6.07, 6.45) is 7.53. The van der Waals surface area contributed by atoms with Crippen LogP contribution in [0.1, 0.15) is 66.2 Å². The number of rotatable bonds is 10. The lowest BCUT2D eigenvalue weighted by molar-refractivity contribution is 0.402. The van der Waals surface area contributed by atoms with Gasteiger partial charge < -0.3 is 9.80 Å². The molecule has 0 bridgehead atoms. The summed E-state index contributed by atoms with van der Waals surface area (Å²) in [5.74, 6) is 0. The van der Waals surface area contributed by atoms with Gasteiger partial charge in [-0.1, -0.05) is 64.0 Å². The molecule has 0 aliphatic rings. The van der Waals surface area contributed by atoms with Crippen molar-refractivity contribution in [2.45, 2.75) is 66.2 Å². The van der Waals surface area contributed by atoms with Crippen molar-refractivity contribution in [2.24, 2.45) is 0 Å². The summed E-state index contributed by atoms with van der Waals surface area (Å²) in [5, 5.41) is 0. The van der Waals surface area contributed by atoms with Crippen LogP contribution in [0.3, 0.4) is 0 Å². The van der Waals surface area contributed by atoms with Gasteiger partial charge in [-0.15, -0.1) is 0 Å². The quantitative estimate of drug-likeness (QED) is 0.260. The Bertz CT molecular complexity index is 297. The highest BCUT2D eigenvalue weighted by molar-refractivity contribution is 8.89. The Hall–Kier alpha value is 0.480. The van der Waals surface area contributed by atoms with Crippen molar-refractivity contribution < 1.29 is 0 Å². The molecule has 0 aromatic rings. The molecule has 0 spiro atoms. The summed E-state index contributed by atoms with van der Waals surface area (Å²) in [6, 6.07) is 0. The minimum Gasteiger partial charge on any atom is -0.357 e. The molecule has 0 heterocycles. The van der Waals surface area contributed by atoms with Gasteiger partial charge in [0, 0.05) is 26.2 Å². The number of unbranched alkanes of at least 4 members (excludes halogenated alkanes) is 4. The highest BCUT2D eigenvalue weighted by Crippen LogP contribution is 2.28. The van der Waals surface area contributed by atoms with Crippen LogP contribution in [0.4, 0.5) is 0 Å². The first-order valence-corrected chi connectivity index (χ1v) is 11.5. The first kappa shape index (κ1) is 22.5. The van der Waals surface area contributed by atoms with Gasteiger partial charge in [-0.25, -0.2) is 0 Å². The first-order valence-electron chi connectivity index (χ1n) is 8.52. The van der Waals surface area contributed by atoms with Gasteiger partial charge >= 0.3 is 0 Å². The molecular formula is C16H32N2S4. The Balaban J connectivity index is 4.31. The topological polar surface area (TPSA) is 6.48 Å². The summed E-state index contributed by atoms with van der Waals surface area (Å²) in [5.41, 5.74) is 0. The smallest absolute Gasteiger partial charge is 0.147 e. The van der Waals surface area contributed by atoms with Gasteiger partial charge in [0.05, 0.1) is 0 Å². The molecule has 2 nitrogen and oxygen atoms in total. The molecule has 22 heavy (non-hydrogen) atoms. The lowest BCUT2D eigenvalue weighted by Gasteiger charge is -2.26. The van der Waals surface area contributed by atoms with Crippen LogP contribution in [0.25, 0.3) is 0 Å². The molecule has 0 saturated carbocycles. The Labute approximate surface area is 156 Å². The second-order valence-electron chi connectivity index (χ2n) is 5.27. The molecule has 0 fully saturated rings. The van der Waals surface area contributed by atoms with Crippen LogP contribution in [0, 0.1) is 0 Å². The molecule has 0 unspecified atom stereocenters. The fourth-order valence-electron chi connectivity index (χ4n) is 2.06. The molecule has 0 aliphatic carbocycles. The van der Waals surface area contributed by atoms with E-state index in [0.717, 1.165) is 34.8 Å². The standard InChI is InChI=1S/C16H32N2S4/c1-5-9-11-13-18(14-12-10-6-2)16(20)22-21-15(19)17(7-3)8-4/h5-14H2,1-4H3. The van der Waals surface area contributed by atoms with Crippen LogP contribution in [-0.4, -0.2) is 44.6 Å². The summed E-state index contributed by atoms with van der Waals surface area (Å²) in [4.78, 5) is 4.58. The van der Waals surface area contributed by atoms with Gasteiger partial charge in [-0.05, 0) is 48.3 Å². The van der Waals surface area contributed by atoms with Gasteiger partial charge in [-0.2, -0.15) is 0 Å². The zero-order valence-electron chi connectivity index (χ0n) is 14.6. The predicted molar refractivity (Wildman–Crippen MR) is 114 cm³/mol.